The second kappa shape index (κ2) is 12.3. The van der Waals surface area contributed by atoms with Gasteiger partial charge in [-0.15, -0.1) is 0 Å². The molecule has 0 unspecified atom stereocenters. The average molecular weight is 278 g/mol. The van der Waals surface area contributed by atoms with E-state index >= 15 is 0 Å². The molecule has 0 aromatic rings. The van der Waals surface area contributed by atoms with E-state index in [-0.39, 0.29) is 44.6 Å². The number of rotatable bonds is 6. The third-order valence-electron chi connectivity index (χ3n) is 1.59. The van der Waals surface area contributed by atoms with Crippen LogP contribution in [-0.2, 0) is 23.1 Å². The Balaban J connectivity index is -0.000000605. The van der Waals surface area contributed by atoms with Crippen LogP contribution in [0.4, 0.5) is 0 Å². The average Bonchev–Trinajstić information content (AvgIpc) is 1.96. The molecule has 0 rings (SSSR count). The van der Waals surface area contributed by atoms with Gasteiger partial charge in [0.15, 0.2) is 0 Å². The van der Waals surface area contributed by atoms with Crippen molar-refractivity contribution in [2.75, 3.05) is 6.61 Å². The molecule has 86 valence electrons. The van der Waals surface area contributed by atoms with E-state index in [2.05, 4.69) is 38.0 Å². The SMILES string of the molecule is CCC[O][Ti+2][N](C(C)C)C(C)C.[Cl-].[Cl-]. The minimum absolute atomic E-state index is 0. The molecule has 0 atom stereocenters. The van der Waals surface area contributed by atoms with Crippen molar-refractivity contribution in [3.63, 3.8) is 0 Å². The van der Waals surface area contributed by atoms with Crippen molar-refractivity contribution in [1.82, 2.24) is 3.38 Å². The second-order valence-corrected chi connectivity index (χ2v) is 5.08. The first-order valence-corrected chi connectivity index (χ1v) is 6.09. The summed E-state index contributed by atoms with van der Waals surface area (Å²) in [6.45, 7) is 12.0. The van der Waals surface area contributed by atoms with Gasteiger partial charge in [0.25, 0.3) is 0 Å². The molecular weight excluding hydrogens is 257 g/mol. The van der Waals surface area contributed by atoms with Crippen LogP contribution in [0.2, 0.25) is 0 Å². The van der Waals surface area contributed by atoms with Gasteiger partial charge in [-0.1, -0.05) is 0 Å². The van der Waals surface area contributed by atoms with E-state index in [4.69, 9.17) is 3.32 Å². The van der Waals surface area contributed by atoms with E-state index in [9.17, 15) is 0 Å². The summed E-state index contributed by atoms with van der Waals surface area (Å²) < 4.78 is 8.09. The minimum Gasteiger partial charge on any atom is -1.00 e. The predicted octanol–water partition coefficient (Wildman–Crippen LogP) is -3.55. The van der Waals surface area contributed by atoms with E-state index in [1.54, 1.807) is 0 Å². The van der Waals surface area contributed by atoms with Crippen LogP contribution < -0.4 is 24.8 Å². The Hall–Kier alpha value is 1.21. The molecule has 0 heterocycles. The first kappa shape index (κ1) is 20.6. The van der Waals surface area contributed by atoms with Crippen LogP contribution in [-0.4, -0.2) is 22.1 Å². The maximum atomic E-state index is 5.62. The van der Waals surface area contributed by atoms with Gasteiger partial charge in [0, 0.05) is 0 Å². The summed E-state index contributed by atoms with van der Waals surface area (Å²) in [5.41, 5.74) is 0. The molecule has 0 aliphatic heterocycles. The van der Waals surface area contributed by atoms with E-state index in [0.29, 0.717) is 12.1 Å². The molecule has 0 N–H and O–H groups in total. The van der Waals surface area contributed by atoms with Gasteiger partial charge in [-0.3, -0.25) is 0 Å². The largest absolute Gasteiger partial charge is 1.00 e. The quantitative estimate of drug-likeness (QED) is 0.368. The topological polar surface area (TPSA) is 12.5 Å². The monoisotopic (exact) mass is 277 g/mol. The standard InChI is InChI=1S/C6H14N.C3H7O.2ClH.Ti/c1-5(2)7-6(3)4;1-2-3-4;;;/h5-6H,1-4H3;2-3H2,1H3;2*1H;/q2*-1;;;+4/p-2. The smallest absolute Gasteiger partial charge is 1.00 e. The fourth-order valence-corrected chi connectivity index (χ4v) is 2.38. The molecule has 0 radical (unpaired) electrons. The molecule has 0 spiro atoms. The number of hydrogen-bond acceptors (Lipinski definition) is 2. The molecule has 0 aliphatic rings. The molecule has 14 heavy (non-hydrogen) atoms. The van der Waals surface area contributed by atoms with Crippen LogP contribution in [0.1, 0.15) is 41.0 Å². The minimum atomic E-state index is -0.326. The van der Waals surface area contributed by atoms with Crippen molar-refractivity contribution >= 4 is 0 Å². The van der Waals surface area contributed by atoms with Crippen LogP contribution in [0.3, 0.4) is 0 Å². The first-order chi connectivity index (χ1) is 5.59. The number of nitrogens with zero attached hydrogens (tertiary/aromatic N) is 1. The maximum absolute atomic E-state index is 5.62. The summed E-state index contributed by atoms with van der Waals surface area (Å²) >= 11 is -0.326. The van der Waals surface area contributed by atoms with Crippen molar-refractivity contribution in [3.8, 4) is 0 Å². The van der Waals surface area contributed by atoms with Gasteiger partial charge in [-0.2, -0.15) is 0 Å². The van der Waals surface area contributed by atoms with Crippen LogP contribution in [0.15, 0.2) is 0 Å². The zero-order chi connectivity index (χ0) is 9.56. The molecule has 0 bridgehead atoms. The van der Waals surface area contributed by atoms with Crippen LogP contribution in [0.25, 0.3) is 0 Å². The van der Waals surface area contributed by atoms with Crippen molar-refractivity contribution in [3.05, 3.63) is 0 Å². The van der Waals surface area contributed by atoms with Gasteiger partial charge < -0.3 is 24.8 Å². The Morgan fingerprint density at radius 3 is 1.79 bits per heavy atom. The van der Waals surface area contributed by atoms with Gasteiger partial charge in [0.05, 0.1) is 0 Å². The summed E-state index contributed by atoms with van der Waals surface area (Å²) in [7, 11) is 0. The van der Waals surface area contributed by atoms with Crippen molar-refractivity contribution in [2.24, 2.45) is 0 Å². The van der Waals surface area contributed by atoms with E-state index < -0.39 is 0 Å². The Morgan fingerprint density at radius 2 is 1.50 bits per heavy atom. The van der Waals surface area contributed by atoms with Gasteiger partial charge in [0.2, 0.25) is 0 Å². The fraction of sp³-hybridized carbons (Fsp3) is 1.00. The fourth-order valence-electron chi connectivity index (χ4n) is 1.03. The van der Waals surface area contributed by atoms with E-state index in [1.165, 1.54) is 0 Å². The summed E-state index contributed by atoms with van der Waals surface area (Å²) in [6, 6.07) is 1.25. The van der Waals surface area contributed by atoms with Gasteiger partial charge in [-0.25, -0.2) is 0 Å². The zero-order valence-electron chi connectivity index (χ0n) is 9.68. The van der Waals surface area contributed by atoms with E-state index in [1.807, 2.05) is 0 Å². The van der Waals surface area contributed by atoms with Crippen molar-refractivity contribution in [1.29, 1.82) is 0 Å². The van der Waals surface area contributed by atoms with Crippen LogP contribution in [0.5, 0.6) is 0 Å². The summed E-state index contributed by atoms with van der Waals surface area (Å²) in [6.07, 6.45) is 1.13. The summed E-state index contributed by atoms with van der Waals surface area (Å²) in [5.74, 6) is 0. The molecule has 0 saturated heterocycles. The van der Waals surface area contributed by atoms with Gasteiger partial charge in [-0.05, 0) is 0 Å². The third-order valence-corrected chi connectivity index (χ3v) is 4.05. The van der Waals surface area contributed by atoms with Crippen molar-refractivity contribution < 1.29 is 47.9 Å². The summed E-state index contributed by atoms with van der Waals surface area (Å²) in [5, 5.41) is 0. The Kier molecular flexibility index (Phi) is 18.1. The van der Waals surface area contributed by atoms with Crippen LogP contribution in [0, 0.1) is 0 Å². The number of hydrogen-bond donors (Lipinski definition) is 0. The van der Waals surface area contributed by atoms with Gasteiger partial charge >= 0.3 is 86.2 Å². The molecule has 0 amide bonds. The maximum Gasteiger partial charge on any atom is -1.00 e. The Labute approximate surface area is 111 Å². The van der Waals surface area contributed by atoms with Crippen molar-refractivity contribution in [2.45, 2.75) is 53.1 Å². The zero-order valence-corrected chi connectivity index (χ0v) is 12.8. The Bertz CT molecular complexity index is 107. The normalized spacial score (nSPS) is 9.71. The van der Waals surface area contributed by atoms with Gasteiger partial charge in [0.1, 0.15) is 0 Å². The van der Waals surface area contributed by atoms with Crippen LogP contribution >= 0.6 is 0 Å². The second-order valence-electron chi connectivity index (χ2n) is 3.53. The molecule has 0 aliphatic carbocycles. The summed E-state index contributed by atoms with van der Waals surface area (Å²) in [4.78, 5) is 0. The number of halogens is 2. The molecule has 5 heteroatoms. The molecule has 0 aromatic heterocycles. The molecule has 0 saturated carbocycles. The Morgan fingerprint density at radius 1 is 1.07 bits per heavy atom. The van der Waals surface area contributed by atoms with E-state index in [0.717, 1.165) is 13.0 Å². The first-order valence-electron chi connectivity index (χ1n) is 4.75. The predicted molar refractivity (Wildman–Crippen MR) is 48.4 cm³/mol. The molecule has 2 nitrogen and oxygen atoms in total. The molecule has 0 fully saturated rings. The molecule has 0 aromatic carbocycles. The third kappa shape index (κ3) is 9.76. The molecular formula is C9H21Cl2NOTi.